The van der Waals surface area contributed by atoms with Gasteiger partial charge in [0, 0.05) is 64.0 Å². The number of carbonyl (C=O) groups excluding carboxylic acids is 1. The van der Waals surface area contributed by atoms with Gasteiger partial charge in [-0.3, -0.25) is 9.69 Å². The number of piperazine rings is 1. The van der Waals surface area contributed by atoms with Crippen LogP contribution >= 0.6 is 23.2 Å². The Kier molecular flexibility index (Phi) is 8.30. The van der Waals surface area contributed by atoms with Gasteiger partial charge in [0.15, 0.2) is 0 Å². The van der Waals surface area contributed by atoms with Crippen molar-refractivity contribution in [2.24, 2.45) is 5.92 Å². The Balaban J connectivity index is 1.40. The fourth-order valence-electron chi connectivity index (χ4n) is 4.65. The van der Waals surface area contributed by atoms with E-state index in [9.17, 15) is 13.6 Å². The van der Waals surface area contributed by atoms with Gasteiger partial charge < -0.3 is 15.1 Å². The van der Waals surface area contributed by atoms with Gasteiger partial charge in [0.2, 0.25) is 5.91 Å². The highest BCUT2D eigenvalue weighted by atomic mass is 35.5. The smallest absolute Gasteiger partial charge is 0.227 e. The summed E-state index contributed by atoms with van der Waals surface area (Å²) in [6, 6.07) is 7.21. The number of nitrogens with zero attached hydrogens (tertiary/aromatic N) is 3. The van der Waals surface area contributed by atoms with Crippen LogP contribution in [0.3, 0.4) is 0 Å². The van der Waals surface area contributed by atoms with E-state index in [0.29, 0.717) is 47.1 Å². The quantitative estimate of drug-likeness (QED) is 0.573. The number of rotatable bonds is 7. The Morgan fingerprint density at radius 1 is 1.06 bits per heavy atom. The summed E-state index contributed by atoms with van der Waals surface area (Å²) < 4.78 is 27.4. The number of piperidine rings is 1. The van der Waals surface area contributed by atoms with Gasteiger partial charge in [-0.25, -0.2) is 8.78 Å². The number of halogens is 4. The first-order valence-corrected chi connectivity index (χ1v) is 12.4. The van der Waals surface area contributed by atoms with Crippen molar-refractivity contribution in [2.45, 2.75) is 19.3 Å². The molecule has 2 heterocycles. The Bertz CT molecular complexity index is 1010. The third-order valence-corrected chi connectivity index (χ3v) is 7.25. The SMILES string of the molecule is CN1CCN(CCNc2cc(Cl)c(N3CC(Cc4ccc(F)cc4F)CCC3=O)c(Cl)c2)CC1. The van der Waals surface area contributed by atoms with Crippen molar-refractivity contribution in [3.63, 3.8) is 0 Å². The predicted octanol–water partition coefficient (Wildman–Crippen LogP) is 4.92. The van der Waals surface area contributed by atoms with Crippen LogP contribution in [0.15, 0.2) is 30.3 Å². The highest BCUT2D eigenvalue weighted by Crippen LogP contribution is 2.39. The molecule has 0 saturated carbocycles. The molecule has 1 N–H and O–H groups in total. The predicted molar refractivity (Wildman–Crippen MR) is 134 cm³/mol. The van der Waals surface area contributed by atoms with E-state index in [0.717, 1.165) is 51.0 Å². The van der Waals surface area contributed by atoms with E-state index < -0.39 is 11.6 Å². The molecular weight excluding hydrogens is 481 g/mol. The summed E-state index contributed by atoms with van der Waals surface area (Å²) in [5, 5.41) is 4.18. The third-order valence-electron chi connectivity index (χ3n) is 6.67. The molecule has 1 atom stereocenters. The second-order valence-corrected chi connectivity index (χ2v) is 10.0. The molecule has 5 nitrogen and oxygen atoms in total. The van der Waals surface area contributed by atoms with E-state index in [-0.39, 0.29) is 11.8 Å². The van der Waals surface area contributed by atoms with Crippen molar-refractivity contribution in [1.82, 2.24) is 9.80 Å². The molecule has 0 spiro atoms. The number of benzene rings is 2. The van der Waals surface area contributed by atoms with E-state index in [1.54, 1.807) is 17.0 Å². The molecule has 184 valence electrons. The molecular formula is C25H30Cl2F2N4O. The second kappa shape index (κ2) is 11.2. The Labute approximate surface area is 209 Å². The van der Waals surface area contributed by atoms with Crippen LogP contribution in [0.25, 0.3) is 0 Å². The van der Waals surface area contributed by atoms with E-state index in [2.05, 4.69) is 22.2 Å². The maximum Gasteiger partial charge on any atom is 0.227 e. The third kappa shape index (κ3) is 6.19. The zero-order valence-electron chi connectivity index (χ0n) is 19.3. The first-order valence-electron chi connectivity index (χ1n) is 11.7. The van der Waals surface area contributed by atoms with Crippen LogP contribution < -0.4 is 10.2 Å². The van der Waals surface area contributed by atoms with Crippen LogP contribution in [0.4, 0.5) is 20.2 Å². The summed E-state index contributed by atoms with van der Waals surface area (Å²) in [7, 11) is 2.14. The molecule has 2 aromatic carbocycles. The first-order chi connectivity index (χ1) is 16.3. The molecule has 2 fully saturated rings. The minimum Gasteiger partial charge on any atom is -0.384 e. The normalized spacial score (nSPS) is 20.1. The lowest BCUT2D eigenvalue weighted by molar-refractivity contribution is -0.120. The Hall–Kier alpha value is -1.93. The van der Waals surface area contributed by atoms with E-state index in [1.807, 2.05) is 0 Å². The lowest BCUT2D eigenvalue weighted by Gasteiger charge is -2.34. The van der Waals surface area contributed by atoms with Gasteiger partial charge in [0.25, 0.3) is 0 Å². The average molecular weight is 511 g/mol. The van der Waals surface area contributed by atoms with Crippen molar-refractivity contribution in [2.75, 3.05) is 63.1 Å². The number of likely N-dealkylation sites (N-methyl/N-ethyl adjacent to an activating group) is 1. The van der Waals surface area contributed by atoms with Crippen LogP contribution in [-0.4, -0.2) is 68.6 Å². The van der Waals surface area contributed by atoms with E-state index in [4.69, 9.17) is 23.2 Å². The summed E-state index contributed by atoms with van der Waals surface area (Å²) >= 11 is 13.2. The van der Waals surface area contributed by atoms with Crippen molar-refractivity contribution in [3.05, 3.63) is 57.6 Å². The molecule has 9 heteroatoms. The largest absolute Gasteiger partial charge is 0.384 e. The molecule has 2 saturated heterocycles. The molecule has 34 heavy (non-hydrogen) atoms. The van der Waals surface area contributed by atoms with Crippen molar-refractivity contribution in [1.29, 1.82) is 0 Å². The standard InChI is InChI=1S/C25H30Cl2F2N4O/c1-31-8-10-32(11-9-31)7-6-30-20-14-21(26)25(22(27)15-20)33-16-17(2-5-24(33)34)12-18-3-4-19(28)13-23(18)29/h3-4,13-15,17,30H,2,5-12,16H2,1H3. The van der Waals surface area contributed by atoms with Crippen LogP contribution in [0.5, 0.6) is 0 Å². The molecule has 0 aliphatic carbocycles. The van der Waals surface area contributed by atoms with Gasteiger partial charge in [0.05, 0.1) is 15.7 Å². The van der Waals surface area contributed by atoms with Gasteiger partial charge in [0.1, 0.15) is 11.6 Å². The molecule has 2 aromatic rings. The summed E-state index contributed by atoms with van der Waals surface area (Å²) in [6.45, 7) is 6.33. The minimum atomic E-state index is -0.600. The monoisotopic (exact) mass is 510 g/mol. The topological polar surface area (TPSA) is 38.8 Å². The first kappa shape index (κ1) is 25.2. The van der Waals surface area contributed by atoms with Crippen LogP contribution in [0, 0.1) is 17.6 Å². The maximum atomic E-state index is 14.1. The van der Waals surface area contributed by atoms with Gasteiger partial charge in [-0.05, 0) is 49.6 Å². The van der Waals surface area contributed by atoms with Crippen molar-refractivity contribution < 1.29 is 13.6 Å². The van der Waals surface area contributed by atoms with Gasteiger partial charge in [-0.1, -0.05) is 29.3 Å². The fourth-order valence-corrected chi connectivity index (χ4v) is 5.34. The lowest BCUT2D eigenvalue weighted by Crippen LogP contribution is -2.45. The van der Waals surface area contributed by atoms with Gasteiger partial charge in [-0.2, -0.15) is 0 Å². The molecule has 4 rings (SSSR count). The number of hydrogen-bond acceptors (Lipinski definition) is 4. The number of nitrogens with one attached hydrogen (secondary N) is 1. The summed E-state index contributed by atoms with van der Waals surface area (Å²) in [4.78, 5) is 19.1. The van der Waals surface area contributed by atoms with Crippen LogP contribution in [0.2, 0.25) is 10.0 Å². The average Bonchev–Trinajstić information content (AvgIpc) is 2.78. The van der Waals surface area contributed by atoms with E-state index >= 15 is 0 Å². The molecule has 2 aliphatic rings. The van der Waals surface area contributed by atoms with Crippen molar-refractivity contribution in [3.8, 4) is 0 Å². The maximum absolute atomic E-state index is 14.1. The summed E-state index contributed by atoms with van der Waals surface area (Å²) in [6.07, 6.45) is 1.37. The molecule has 2 aliphatic heterocycles. The number of anilines is 2. The van der Waals surface area contributed by atoms with Gasteiger partial charge >= 0.3 is 0 Å². The zero-order valence-corrected chi connectivity index (χ0v) is 20.8. The number of hydrogen-bond donors (Lipinski definition) is 1. The lowest BCUT2D eigenvalue weighted by atomic mass is 9.90. The molecule has 0 aromatic heterocycles. The molecule has 1 unspecified atom stereocenters. The molecule has 0 radical (unpaired) electrons. The highest BCUT2D eigenvalue weighted by molar-refractivity contribution is 6.40. The van der Waals surface area contributed by atoms with Crippen LogP contribution in [0.1, 0.15) is 18.4 Å². The fraction of sp³-hybridized carbons (Fsp3) is 0.480. The number of carbonyl (C=O) groups is 1. The van der Waals surface area contributed by atoms with E-state index in [1.165, 1.54) is 12.1 Å². The Morgan fingerprint density at radius 3 is 2.44 bits per heavy atom. The molecule has 1 amide bonds. The highest BCUT2D eigenvalue weighted by Gasteiger charge is 2.30. The van der Waals surface area contributed by atoms with Crippen molar-refractivity contribution >= 4 is 40.5 Å². The summed E-state index contributed by atoms with van der Waals surface area (Å²) in [5.74, 6) is -1.20. The zero-order chi connectivity index (χ0) is 24.2. The Morgan fingerprint density at radius 2 is 1.76 bits per heavy atom. The molecule has 0 bridgehead atoms. The summed E-state index contributed by atoms with van der Waals surface area (Å²) in [5.41, 5.74) is 1.74. The van der Waals surface area contributed by atoms with Crippen LogP contribution in [-0.2, 0) is 11.2 Å². The van der Waals surface area contributed by atoms with Gasteiger partial charge in [-0.15, -0.1) is 0 Å². The minimum absolute atomic E-state index is 0.0196. The second-order valence-electron chi connectivity index (χ2n) is 9.21. The number of amides is 1.